The Labute approximate surface area is 230 Å². The summed E-state index contributed by atoms with van der Waals surface area (Å²) in [7, 11) is -1.43. The maximum absolute atomic E-state index is 13.7. The third kappa shape index (κ3) is 5.21. The molecule has 1 unspecified atom stereocenters. The van der Waals surface area contributed by atoms with Crippen molar-refractivity contribution >= 4 is 11.8 Å². The Hall–Kier alpha value is -1.38. The molecular weight excluding hydrogens is 570 g/mol. The fourth-order valence-corrected chi connectivity index (χ4v) is 16.8. The molecule has 0 saturated heterocycles. The molecule has 0 aliphatic heterocycles. The van der Waals surface area contributed by atoms with Crippen LogP contribution in [-0.2, 0) is 21.3 Å². The van der Waals surface area contributed by atoms with Gasteiger partial charge >= 0.3 is 207 Å². The van der Waals surface area contributed by atoms with Crippen LogP contribution in [0.15, 0.2) is 92.9 Å². The zero-order valence-electron chi connectivity index (χ0n) is 20.9. The van der Waals surface area contributed by atoms with Crippen molar-refractivity contribution in [3.63, 3.8) is 0 Å². The van der Waals surface area contributed by atoms with Gasteiger partial charge in [-0.1, -0.05) is 0 Å². The molecular formula is C30H31Cl2FSiZr. The molecule has 0 spiro atoms. The molecule has 3 aromatic rings. The van der Waals surface area contributed by atoms with Crippen molar-refractivity contribution in [1.29, 1.82) is 0 Å². The van der Waals surface area contributed by atoms with Gasteiger partial charge in [-0.05, 0) is 0 Å². The number of fused-ring (bicyclic) bond motifs is 3. The Balaban J connectivity index is 0.00000171. The Bertz CT molecular complexity index is 1290. The SMILES string of the molecule is CC1=[C](/[Zr+2](=[CH]/c2ccc(F)cc2)[CH]2c3ccccc3-c3ccccc32)C(C)C=C1[Si](C)(C)C.[Cl-].[Cl-]. The predicted octanol–water partition coefficient (Wildman–Crippen LogP) is 2.10. The Morgan fingerprint density at radius 3 is 1.80 bits per heavy atom. The third-order valence-corrected chi connectivity index (χ3v) is 17.5. The van der Waals surface area contributed by atoms with Crippen LogP contribution in [0.1, 0.15) is 34.2 Å². The average Bonchev–Trinajstić information content (AvgIpc) is 3.28. The zero-order chi connectivity index (χ0) is 23.3. The van der Waals surface area contributed by atoms with Gasteiger partial charge in [-0.25, -0.2) is 0 Å². The van der Waals surface area contributed by atoms with Gasteiger partial charge in [0.25, 0.3) is 0 Å². The normalized spacial score (nSPS) is 16.9. The molecule has 0 nitrogen and oxygen atoms in total. The van der Waals surface area contributed by atoms with E-state index >= 15 is 0 Å². The minimum atomic E-state index is -2.46. The quantitative estimate of drug-likeness (QED) is 0.403. The van der Waals surface area contributed by atoms with Crippen molar-refractivity contribution in [1.82, 2.24) is 0 Å². The molecule has 0 heterocycles. The summed E-state index contributed by atoms with van der Waals surface area (Å²) < 4.78 is 18.5. The van der Waals surface area contributed by atoms with Gasteiger partial charge in [0.05, 0.1) is 0 Å². The van der Waals surface area contributed by atoms with Crippen LogP contribution in [0.25, 0.3) is 11.1 Å². The van der Waals surface area contributed by atoms with Crippen LogP contribution in [0, 0.1) is 11.7 Å². The Kier molecular flexibility index (Phi) is 8.81. The van der Waals surface area contributed by atoms with Gasteiger partial charge in [-0.3, -0.25) is 0 Å². The van der Waals surface area contributed by atoms with Gasteiger partial charge in [0.1, 0.15) is 0 Å². The summed E-state index contributed by atoms with van der Waals surface area (Å²) in [5.41, 5.74) is 8.50. The maximum atomic E-state index is 13.7. The molecule has 2 aliphatic carbocycles. The van der Waals surface area contributed by atoms with E-state index < -0.39 is 29.3 Å². The first kappa shape index (κ1) is 28.2. The Morgan fingerprint density at radius 2 is 1.31 bits per heavy atom. The molecule has 5 heteroatoms. The smallest absolute Gasteiger partial charge is 1.00 e. The first-order valence-corrected chi connectivity index (χ1v) is 19.4. The molecule has 5 rings (SSSR count). The van der Waals surface area contributed by atoms with Crippen molar-refractivity contribution < 1.29 is 50.5 Å². The number of hydrogen-bond donors (Lipinski definition) is 0. The standard InChI is InChI=1S/C13H9.C10H17Si.C7H5F.2ClH.Zr/c1-3-7-12-10(5-1)9-11-6-2-4-8-13(11)12;1-8-6-9(2)10(7-8)11(3,4)5;1-6-2-4-7(8)5-3-6;;;/h1-9H;7-8H,1-5H3;1-5H;2*1H;/q;;;;;+2/p-2. The number of halogens is 3. The molecule has 1 atom stereocenters. The van der Waals surface area contributed by atoms with E-state index in [1.807, 2.05) is 12.1 Å². The van der Waals surface area contributed by atoms with E-state index in [1.54, 1.807) is 26.2 Å². The van der Waals surface area contributed by atoms with E-state index in [9.17, 15) is 4.39 Å². The van der Waals surface area contributed by atoms with Crippen LogP contribution in [-0.4, -0.2) is 11.8 Å². The third-order valence-electron chi connectivity index (χ3n) is 7.14. The number of allylic oxidation sites excluding steroid dienone is 4. The number of hydrogen-bond acceptors (Lipinski definition) is 0. The molecule has 0 saturated carbocycles. The fourth-order valence-electron chi connectivity index (χ4n) is 5.78. The van der Waals surface area contributed by atoms with Crippen LogP contribution >= 0.6 is 0 Å². The van der Waals surface area contributed by atoms with Crippen molar-refractivity contribution in [3.05, 3.63) is 115 Å². The minimum absolute atomic E-state index is 0. The molecule has 3 aromatic carbocycles. The summed E-state index contributed by atoms with van der Waals surface area (Å²) in [6.45, 7) is 12.2. The Morgan fingerprint density at radius 1 is 0.800 bits per heavy atom. The van der Waals surface area contributed by atoms with Gasteiger partial charge in [0.2, 0.25) is 0 Å². The summed E-state index contributed by atoms with van der Waals surface area (Å²) in [5.74, 6) is 0.318. The second kappa shape index (κ2) is 10.9. The van der Waals surface area contributed by atoms with Crippen LogP contribution in [0.2, 0.25) is 19.6 Å². The summed E-state index contributed by atoms with van der Waals surface area (Å²) in [4.78, 5) is 0. The second-order valence-electron chi connectivity index (χ2n) is 10.4. The number of benzene rings is 3. The first-order valence-electron chi connectivity index (χ1n) is 11.8. The van der Waals surface area contributed by atoms with E-state index in [2.05, 4.69) is 91.8 Å². The van der Waals surface area contributed by atoms with Crippen molar-refractivity contribution in [2.75, 3.05) is 0 Å². The molecule has 0 amide bonds. The zero-order valence-corrected chi connectivity index (χ0v) is 25.8. The van der Waals surface area contributed by atoms with Gasteiger partial charge < -0.3 is 24.8 Å². The maximum Gasteiger partial charge on any atom is -1.00 e. The molecule has 0 bridgehead atoms. The van der Waals surface area contributed by atoms with Crippen LogP contribution < -0.4 is 24.8 Å². The van der Waals surface area contributed by atoms with E-state index in [1.165, 1.54) is 27.8 Å². The van der Waals surface area contributed by atoms with Crippen LogP contribution in [0.4, 0.5) is 4.39 Å². The molecule has 180 valence electrons. The number of rotatable bonds is 4. The fraction of sp³-hybridized carbons (Fsp3) is 0.233. The summed E-state index contributed by atoms with van der Waals surface area (Å²) in [6.07, 6.45) is 2.57. The topological polar surface area (TPSA) is 0 Å². The average molecular weight is 601 g/mol. The monoisotopic (exact) mass is 598 g/mol. The first-order chi connectivity index (χ1) is 15.8. The molecule has 35 heavy (non-hydrogen) atoms. The molecule has 2 aliphatic rings. The van der Waals surface area contributed by atoms with Gasteiger partial charge in [0, 0.05) is 0 Å². The van der Waals surface area contributed by atoms with Crippen molar-refractivity contribution in [2.45, 2.75) is 37.1 Å². The van der Waals surface area contributed by atoms with E-state index in [0.717, 1.165) is 0 Å². The molecule has 0 fully saturated rings. The van der Waals surface area contributed by atoms with Crippen LogP contribution in [0.5, 0.6) is 0 Å². The molecule has 0 aromatic heterocycles. The van der Waals surface area contributed by atoms with Gasteiger partial charge in [-0.2, -0.15) is 0 Å². The van der Waals surface area contributed by atoms with E-state index in [4.69, 9.17) is 0 Å². The van der Waals surface area contributed by atoms with Crippen molar-refractivity contribution in [3.8, 4) is 11.1 Å². The largest absolute Gasteiger partial charge is 1.00 e. The molecule has 0 radical (unpaired) electrons. The van der Waals surface area contributed by atoms with E-state index in [0.29, 0.717) is 9.54 Å². The predicted molar refractivity (Wildman–Crippen MR) is 139 cm³/mol. The van der Waals surface area contributed by atoms with Crippen molar-refractivity contribution in [2.24, 2.45) is 5.92 Å². The second-order valence-corrected chi connectivity index (χ2v) is 21.1. The molecule has 0 N–H and O–H groups in total. The van der Waals surface area contributed by atoms with Crippen LogP contribution in [0.3, 0.4) is 0 Å². The van der Waals surface area contributed by atoms with Gasteiger partial charge in [0.15, 0.2) is 0 Å². The summed E-state index contributed by atoms with van der Waals surface area (Å²) in [6, 6.07) is 25.1. The van der Waals surface area contributed by atoms with Gasteiger partial charge in [-0.15, -0.1) is 0 Å². The minimum Gasteiger partial charge on any atom is -1.00 e. The summed E-state index contributed by atoms with van der Waals surface area (Å²) in [5, 5.41) is 1.63. The van der Waals surface area contributed by atoms with E-state index in [-0.39, 0.29) is 30.6 Å². The summed E-state index contributed by atoms with van der Waals surface area (Å²) >= 11 is -2.46.